The number of likely N-dealkylation sites (tertiary alicyclic amines) is 1. The summed E-state index contributed by atoms with van der Waals surface area (Å²) in [6.45, 7) is 5.16. The van der Waals surface area contributed by atoms with E-state index in [-0.39, 0.29) is 0 Å². The maximum atomic E-state index is 2.78. The van der Waals surface area contributed by atoms with Crippen molar-refractivity contribution in [2.45, 2.75) is 56.9 Å². The molecule has 0 unspecified atom stereocenters. The first kappa shape index (κ1) is 12.2. The number of nitrogens with zero attached hydrogens (tertiary/aromatic N) is 1. The zero-order valence-electron chi connectivity index (χ0n) is 11.6. The molecule has 1 saturated heterocycles. The van der Waals surface area contributed by atoms with Gasteiger partial charge in [-0.05, 0) is 51.3 Å². The summed E-state index contributed by atoms with van der Waals surface area (Å²) in [7, 11) is 0. The smallest absolute Gasteiger partial charge is 0.0249 e. The number of hydrogen-bond donors (Lipinski definition) is 0. The molecule has 98 valence electrons. The van der Waals surface area contributed by atoms with Crippen LogP contribution in [0.5, 0.6) is 0 Å². The van der Waals surface area contributed by atoms with Crippen LogP contribution in [-0.4, -0.2) is 23.5 Å². The average molecular weight is 243 g/mol. The molecule has 1 aliphatic heterocycles. The second kappa shape index (κ2) is 5.05. The lowest BCUT2D eigenvalue weighted by Crippen LogP contribution is -2.50. The molecule has 1 aromatic carbocycles. The third-order valence-corrected chi connectivity index (χ3v) is 5.21. The molecule has 1 heteroatoms. The summed E-state index contributed by atoms with van der Waals surface area (Å²) < 4.78 is 0. The quantitative estimate of drug-likeness (QED) is 0.752. The summed E-state index contributed by atoms with van der Waals surface area (Å²) in [6.07, 6.45) is 8.37. The third-order valence-electron chi connectivity index (χ3n) is 5.21. The van der Waals surface area contributed by atoms with E-state index in [1.807, 2.05) is 0 Å². The van der Waals surface area contributed by atoms with Gasteiger partial charge in [0.2, 0.25) is 0 Å². The topological polar surface area (TPSA) is 3.24 Å². The van der Waals surface area contributed by atoms with Crippen molar-refractivity contribution in [3.8, 4) is 0 Å². The minimum atomic E-state index is 0.413. The fourth-order valence-corrected chi connectivity index (χ4v) is 4.13. The molecule has 1 saturated carbocycles. The van der Waals surface area contributed by atoms with E-state index in [1.165, 1.54) is 51.6 Å². The molecule has 2 aliphatic rings. The van der Waals surface area contributed by atoms with Crippen molar-refractivity contribution in [1.82, 2.24) is 4.90 Å². The predicted octanol–water partition coefficient (Wildman–Crippen LogP) is 4.20. The van der Waals surface area contributed by atoms with Crippen LogP contribution in [0.15, 0.2) is 30.3 Å². The molecule has 3 rings (SSSR count). The molecule has 0 bridgehead atoms. The van der Waals surface area contributed by atoms with E-state index in [0.717, 1.165) is 5.92 Å². The molecule has 0 spiro atoms. The first-order valence-corrected chi connectivity index (χ1v) is 7.61. The Morgan fingerprint density at radius 2 is 1.72 bits per heavy atom. The van der Waals surface area contributed by atoms with Crippen LogP contribution in [0.3, 0.4) is 0 Å². The Labute approximate surface area is 111 Å². The van der Waals surface area contributed by atoms with Gasteiger partial charge in [0.1, 0.15) is 0 Å². The van der Waals surface area contributed by atoms with Gasteiger partial charge in [0, 0.05) is 11.5 Å². The van der Waals surface area contributed by atoms with Crippen LogP contribution in [0, 0.1) is 0 Å². The van der Waals surface area contributed by atoms with Gasteiger partial charge in [-0.15, -0.1) is 0 Å². The van der Waals surface area contributed by atoms with E-state index in [9.17, 15) is 0 Å². The van der Waals surface area contributed by atoms with Gasteiger partial charge in [-0.2, -0.15) is 0 Å². The van der Waals surface area contributed by atoms with Gasteiger partial charge < -0.3 is 0 Å². The number of rotatable bonds is 2. The van der Waals surface area contributed by atoms with Crippen molar-refractivity contribution in [2.24, 2.45) is 0 Å². The van der Waals surface area contributed by atoms with Gasteiger partial charge in [0.15, 0.2) is 0 Å². The Morgan fingerprint density at radius 3 is 2.44 bits per heavy atom. The summed E-state index contributed by atoms with van der Waals surface area (Å²) in [4.78, 5) is 2.78. The highest BCUT2D eigenvalue weighted by Gasteiger charge is 2.42. The lowest BCUT2D eigenvalue weighted by atomic mass is 9.70. The second-order valence-corrected chi connectivity index (χ2v) is 6.26. The van der Waals surface area contributed by atoms with Crippen molar-refractivity contribution in [3.05, 3.63) is 35.9 Å². The molecule has 2 fully saturated rings. The standard InChI is InChI=1S/C17H25N/c1-17(18-13-7-8-14-18)12-6-5-11-16(17)15-9-3-2-4-10-15/h2-4,9-10,16H,5-8,11-14H2,1H3/t16-,17+/m0/s1. The van der Waals surface area contributed by atoms with Gasteiger partial charge in [-0.25, -0.2) is 0 Å². The van der Waals surface area contributed by atoms with E-state index in [2.05, 4.69) is 42.2 Å². The Balaban J connectivity index is 1.89. The highest BCUT2D eigenvalue weighted by atomic mass is 15.2. The van der Waals surface area contributed by atoms with Gasteiger partial charge in [-0.1, -0.05) is 43.2 Å². The Morgan fingerprint density at radius 1 is 1.00 bits per heavy atom. The van der Waals surface area contributed by atoms with E-state index in [0.29, 0.717) is 5.54 Å². The van der Waals surface area contributed by atoms with Crippen LogP contribution < -0.4 is 0 Å². The summed E-state index contributed by atoms with van der Waals surface area (Å²) in [5, 5.41) is 0. The first-order chi connectivity index (χ1) is 8.81. The highest BCUT2D eigenvalue weighted by Crippen LogP contribution is 2.45. The molecule has 0 aromatic heterocycles. The predicted molar refractivity (Wildman–Crippen MR) is 76.9 cm³/mol. The van der Waals surface area contributed by atoms with Gasteiger partial charge in [-0.3, -0.25) is 4.90 Å². The summed E-state index contributed by atoms with van der Waals surface area (Å²) >= 11 is 0. The minimum Gasteiger partial charge on any atom is -0.297 e. The molecule has 0 radical (unpaired) electrons. The molecular weight excluding hydrogens is 218 g/mol. The highest BCUT2D eigenvalue weighted by molar-refractivity contribution is 5.25. The van der Waals surface area contributed by atoms with E-state index in [1.54, 1.807) is 5.56 Å². The maximum Gasteiger partial charge on any atom is 0.0249 e. The molecule has 0 amide bonds. The van der Waals surface area contributed by atoms with E-state index >= 15 is 0 Å². The summed E-state index contributed by atoms with van der Waals surface area (Å²) in [5.41, 5.74) is 1.97. The fraction of sp³-hybridized carbons (Fsp3) is 0.647. The molecule has 2 atom stereocenters. The summed E-state index contributed by atoms with van der Waals surface area (Å²) in [6, 6.07) is 11.2. The normalized spacial score (nSPS) is 33.7. The van der Waals surface area contributed by atoms with Crippen molar-refractivity contribution >= 4 is 0 Å². The number of benzene rings is 1. The zero-order valence-corrected chi connectivity index (χ0v) is 11.6. The van der Waals surface area contributed by atoms with Crippen LogP contribution in [0.25, 0.3) is 0 Å². The van der Waals surface area contributed by atoms with Crippen LogP contribution in [0.2, 0.25) is 0 Å². The largest absolute Gasteiger partial charge is 0.297 e. The van der Waals surface area contributed by atoms with Gasteiger partial charge in [0.25, 0.3) is 0 Å². The van der Waals surface area contributed by atoms with E-state index < -0.39 is 0 Å². The van der Waals surface area contributed by atoms with Crippen LogP contribution in [0.1, 0.15) is 56.9 Å². The average Bonchev–Trinajstić information content (AvgIpc) is 2.95. The Hall–Kier alpha value is -0.820. The lowest BCUT2D eigenvalue weighted by molar-refractivity contribution is 0.0676. The Bertz CT molecular complexity index is 380. The molecule has 18 heavy (non-hydrogen) atoms. The van der Waals surface area contributed by atoms with E-state index in [4.69, 9.17) is 0 Å². The molecule has 0 N–H and O–H groups in total. The van der Waals surface area contributed by atoms with Gasteiger partial charge >= 0.3 is 0 Å². The SMILES string of the molecule is C[C@@]1(N2CCCC2)CCCC[C@H]1c1ccccc1. The van der Waals surface area contributed by atoms with Crippen molar-refractivity contribution in [3.63, 3.8) is 0 Å². The molecule has 1 nitrogen and oxygen atoms in total. The number of hydrogen-bond acceptors (Lipinski definition) is 1. The van der Waals surface area contributed by atoms with Crippen molar-refractivity contribution in [1.29, 1.82) is 0 Å². The van der Waals surface area contributed by atoms with Gasteiger partial charge in [0.05, 0.1) is 0 Å². The third kappa shape index (κ3) is 2.09. The maximum absolute atomic E-state index is 2.78. The molecule has 1 aliphatic carbocycles. The second-order valence-electron chi connectivity index (χ2n) is 6.26. The Kier molecular flexibility index (Phi) is 3.43. The van der Waals surface area contributed by atoms with Crippen LogP contribution in [0.4, 0.5) is 0 Å². The lowest BCUT2D eigenvalue weighted by Gasteiger charge is -2.48. The van der Waals surface area contributed by atoms with Crippen molar-refractivity contribution < 1.29 is 0 Å². The van der Waals surface area contributed by atoms with Crippen LogP contribution in [-0.2, 0) is 0 Å². The van der Waals surface area contributed by atoms with Crippen molar-refractivity contribution in [2.75, 3.05) is 13.1 Å². The molecule has 1 aromatic rings. The zero-order chi connectivity index (χ0) is 12.4. The minimum absolute atomic E-state index is 0.413. The first-order valence-electron chi connectivity index (χ1n) is 7.61. The summed E-state index contributed by atoms with van der Waals surface area (Å²) in [5.74, 6) is 0.741. The molecule has 1 heterocycles. The van der Waals surface area contributed by atoms with Crippen LogP contribution >= 0.6 is 0 Å². The fourth-order valence-electron chi connectivity index (χ4n) is 4.13. The monoisotopic (exact) mass is 243 g/mol. The molecular formula is C17H25N.